The summed E-state index contributed by atoms with van der Waals surface area (Å²) in [6.07, 6.45) is 0. The number of hydrogen-bond donors (Lipinski definition) is 3. The van der Waals surface area contributed by atoms with Gasteiger partial charge in [0.2, 0.25) is 0 Å². The molecule has 1 aromatic carbocycles. The van der Waals surface area contributed by atoms with Crippen molar-refractivity contribution < 1.29 is 19.8 Å². The van der Waals surface area contributed by atoms with E-state index in [0.717, 1.165) is 5.56 Å². The zero-order valence-electron chi connectivity index (χ0n) is 10.9. The van der Waals surface area contributed by atoms with Crippen LogP contribution in [0, 0.1) is 11.3 Å². The molecule has 0 radical (unpaired) electrons. The molecule has 0 spiro atoms. The fourth-order valence-corrected chi connectivity index (χ4v) is 1.53. The normalized spacial score (nSPS) is 11.2. The van der Waals surface area contributed by atoms with Crippen molar-refractivity contribution in [1.29, 1.82) is 5.26 Å². The molecule has 0 saturated heterocycles. The number of aliphatic hydroxyl groups is 1. The van der Waals surface area contributed by atoms with Crippen LogP contribution in [0.25, 0.3) is 0 Å². The molecule has 1 atom stereocenters. The van der Waals surface area contributed by atoms with Gasteiger partial charge in [-0.3, -0.25) is 0 Å². The number of carbonyl (C=O) groups is 2. The predicted octanol–water partition coefficient (Wildman–Crippen LogP) is 0.145. The smallest absolute Gasteiger partial charge is 0.328 e. The molecule has 0 aliphatic heterocycles. The molecular weight excluding hydrogens is 262 g/mol. The van der Waals surface area contributed by atoms with Crippen molar-refractivity contribution in [1.82, 2.24) is 10.2 Å². The highest BCUT2D eigenvalue weighted by Crippen LogP contribution is 2.07. The van der Waals surface area contributed by atoms with E-state index in [1.54, 1.807) is 24.3 Å². The maximum absolute atomic E-state index is 11.8. The number of urea groups is 1. The number of carboxylic acids is 1. The summed E-state index contributed by atoms with van der Waals surface area (Å²) in [5.41, 5.74) is 1.23. The maximum atomic E-state index is 11.8. The SMILES string of the molecule is CN(Cc1cccc(C#N)c1)C(=O)NC(CO)C(=O)O. The van der Waals surface area contributed by atoms with E-state index in [1.807, 2.05) is 6.07 Å². The number of nitrogens with zero attached hydrogens (tertiary/aromatic N) is 2. The van der Waals surface area contributed by atoms with Crippen molar-refractivity contribution in [3.05, 3.63) is 35.4 Å². The fourth-order valence-electron chi connectivity index (χ4n) is 1.53. The molecule has 0 saturated carbocycles. The van der Waals surface area contributed by atoms with Gasteiger partial charge in [-0.05, 0) is 17.7 Å². The third-order valence-electron chi connectivity index (χ3n) is 2.60. The molecule has 0 heterocycles. The first-order valence-corrected chi connectivity index (χ1v) is 5.82. The molecule has 0 fully saturated rings. The van der Waals surface area contributed by atoms with Crippen molar-refractivity contribution in [2.45, 2.75) is 12.6 Å². The number of amides is 2. The van der Waals surface area contributed by atoms with Crippen LogP contribution >= 0.6 is 0 Å². The molecule has 20 heavy (non-hydrogen) atoms. The number of nitrogens with one attached hydrogen (secondary N) is 1. The van der Waals surface area contributed by atoms with Crippen LogP contribution < -0.4 is 5.32 Å². The topological polar surface area (TPSA) is 114 Å². The molecule has 0 bridgehead atoms. The first-order valence-electron chi connectivity index (χ1n) is 5.82. The summed E-state index contributed by atoms with van der Waals surface area (Å²) in [7, 11) is 1.49. The highest BCUT2D eigenvalue weighted by atomic mass is 16.4. The number of rotatable bonds is 5. The number of benzene rings is 1. The number of aliphatic carboxylic acids is 1. The molecule has 1 aromatic rings. The summed E-state index contributed by atoms with van der Waals surface area (Å²) >= 11 is 0. The van der Waals surface area contributed by atoms with E-state index in [0.29, 0.717) is 5.56 Å². The van der Waals surface area contributed by atoms with Crippen molar-refractivity contribution in [3.63, 3.8) is 0 Å². The van der Waals surface area contributed by atoms with Crippen LogP contribution in [-0.4, -0.2) is 46.8 Å². The van der Waals surface area contributed by atoms with Crippen LogP contribution in [0.15, 0.2) is 24.3 Å². The van der Waals surface area contributed by atoms with Crippen LogP contribution in [0.4, 0.5) is 4.79 Å². The Hall–Kier alpha value is -2.59. The lowest BCUT2D eigenvalue weighted by molar-refractivity contribution is -0.140. The van der Waals surface area contributed by atoms with Crippen LogP contribution in [0.5, 0.6) is 0 Å². The number of nitriles is 1. The quantitative estimate of drug-likeness (QED) is 0.708. The molecule has 7 heteroatoms. The molecule has 2 amide bonds. The summed E-state index contributed by atoms with van der Waals surface area (Å²) in [4.78, 5) is 23.7. The molecule has 106 valence electrons. The summed E-state index contributed by atoms with van der Waals surface area (Å²) < 4.78 is 0. The fraction of sp³-hybridized carbons (Fsp3) is 0.308. The third-order valence-corrected chi connectivity index (χ3v) is 2.60. The minimum Gasteiger partial charge on any atom is -0.480 e. The van der Waals surface area contributed by atoms with E-state index in [1.165, 1.54) is 11.9 Å². The summed E-state index contributed by atoms with van der Waals surface area (Å²) in [5, 5.41) is 28.5. The predicted molar refractivity (Wildman–Crippen MR) is 69.7 cm³/mol. The Morgan fingerprint density at radius 3 is 2.75 bits per heavy atom. The minimum absolute atomic E-state index is 0.221. The van der Waals surface area contributed by atoms with Gasteiger partial charge in [-0.1, -0.05) is 12.1 Å². The average molecular weight is 277 g/mol. The van der Waals surface area contributed by atoms with Gasteiger partial charge in [0.05, 0.1) is 18.2 Å². The first kappa shape index (κ1) is 15.5. The zero-order valence-corrected chi connectivity index (χ0v) is 10.9. The van der Waals surface area contributed by atoms with E-state index in [2.05, 4.69) is 5.32 Å². The van der Waals surface area contributed by atoms with E-state index in [-0.39, 0.29) is 6.54 Å². The molecule has 0 aliphatic carbocycles. The largest absolute Gasteiger partial charge is 0.480 e. The van der Waals surface area contributed by atoms with Gasteiger partial charge in [0, 0.05) is 13.6 Å². The van der Waals surface area contributed by atoms with Crippen LogP contribution in [-0.2, 0) is 11.3 Å². The number of hydrogen-bond acceptors (Lipinski definition) is 4. The lowest BCUT2D eigenvalue weighted by atomic mass is 10.1. The molecule has 1 rings (SSSR count). The highest BCUT2D eigenvalue weighted by Gasteiger charge is 2.20. The number of carboxylic acid groups (broad SMARTS) is 1. The molecule has 0 aromatic heterocycles. The van der Waals surface area contributed by atoms with Gasteiger partial charge in [-0.15, -0.1) is 0 Å². The van der Waals surface area contributed by atoms with Gasteiger partial charge in [0.25, 0.3) is 0 Å². The minimum atomic E-state index is -1.34. The van der Waals surface area contributed by atoms with Crippen molar-refractivity contribution in [3.8, 4) is 6.07 Å². The van der Waals surface area contributed by atoms with Crippen LogP contribution in [0.3, 0.4) is 0 Å². The van der Waals surface area contributed by atoms with Crippen molar-refractivity contribution in [2.75, 3.05) is 13.7 Å². The number of carbonyl (C=O) groups excluding carboxylic acids is 1. The second-order valence-corrected chi connectivity index (χ2v) is 4.19. The lowest BCUT2D eigenvalue weighted by Crippen LogP contribution is -2.48. The summed E-state index contributed by atoms with van der Waals surface area (Å²) in [5.74, 6) is -1.30. The molecular formula is C13H15N3O4. The van der Waals surface area contributed by atoms with Crippen LogP contribution in [0.1, 0.15) is 11.1 Å². The molecule has 3 N–H and O–H groups in total. The third kappa shape index (κ3) is 4.26. The Balaban J connectivity index is 2.66. The Morgan fingerprint density at radius 1 is 1.50 bits per heavy atom. The molecule has 0 aliphatic rings. The highest BCUT2D eigenvalue weighted by molar-refractivity contribution is 5.82. The van der Waals surface area contributed by atoms with Gasteiger partial charge in [-0.25, -0.2) is 9.59 Å². The van der Waals surface area contributed by atoms with E-state index >= 15 is 0 Å². The zero-order chi connectivity index (χ0) is 15.1. The Kier molecular flexibility index (Phi) is 5.50. The Morgan fingerprint density at radius 2 is 2.20 bits per heavy atom. The van der Waals surface area contributed by atoms with Gasteiger partial charge in [-0.2, -0.15) is 5.26 Å². The number of aliphatic hydroxyl groups excluding tert-OH is 1. The lowest BCUT2D eigenvalue weighted by Gasteiger charge is -2.20. The second kappa shape index (κ2) is 7.11. The Labute approximate surface area is 116 Å². The van der Waals surface area contributed by atoms with Gasteiger partial charge >= 0.3 is 12.0 Å². The van der Waals surface area contributed by atoms with Crippen molar-refractivity contribution >= 4 is 12.0 Å². The second-order valence-electron chi connectivity index (χ2n) is 4.19. The molecule has 7 nitrogen and oxygen atoms in total. The Bertz CT molecular complexity index is 539. The van der Waals surface area contributed by atoms with Gasteiger partial charge in [0.15, 0.2) is 6.04 Å². The monoisotopic (exact) mass is 277 g/mol. The van der Waals surface area contributed by atoms with Gasteiger partial charge in [0.1, 0.15) is 0 Å². The summed E-state index contributed by atoms with van der Waals surface area (Å²) in [6, 6.07) is 6.79. The maximum Gasteiger partial charge on any atom is 0.328 e. The standard InChI is InChI=1S/C13H15N3O4/c1-16(13(20)15-11(8-17)12(18)19)7-10-4-2-3-9(5-10)6-14/h2-5,11,17H,7-8H2,1H3,(H,15,20)(H,18,19). The van der Waals surface area contributed by atoms with E-state index < -0.39 is 24.6 Å². The van der Waals surface area contributed by atoms with E-state index in [9.17, 15) is 9.59 Å². The van der Waals surface area contributed by atoms with Crippen LogP contribution in [0.2, 0.25) is 0 Å². The van der Waals surface area contributed by atoms with E-state index in [4.69, 9.17) is 15.5 Å². The van der Waals surface area contributed by atoms with Crippen molar-refractivity contribution in [2.24, 2.45) is 0 Å². The first-order chi connectivity index (χ1) is 9.47. The summed E-state index contributed by atoms with van der Waals surface area (Å²) in [6.45, 7) is -0.460. The van der Waals surface area contributed by atoms with Gasteiger partial charge < -0.3 is 20.4 Å². The molecule has 1 unspecified atom stereocenters. The average Bonchev–Trinajstić information content (AvgIpc) is 2.44.